The summed E-state index contributed by atoms with van der Waals surface area (Å²) in [5.74, 6) is 0.394. The number of benzene rings is 1. The van der Waals surface area contributed by atoms with Crippen molar-refractivity contribution in [1.82, 2.24) is 4.98 Å². The highest BCUT2D eigenvalue weighted by Gasteiger charge is 2.40. The third kappa shape index (κ3) is 4.61. The highest BCUT2D eigenvalue weighted by Crippen LogP contribution is 2.46. The molecule has 5 rings (SSSR count). The first-order valence-electron chi connectivity index (χ1n) is 11.1. The molecule has 3 aliphatic rings. The van der Waals surface area contributed by atoms with E-state index in [4.69, 9.17) is 11.6 Å². The highest BCUT2D eigenvalue weighted by atomic mass is 35.5. The lowest BCUT2D eigenvalue weighted by Gasteiger charge is -2.15. The van der Waals surface area contributed by atoms with Gasteiger partial charge in [0.1, 0.15) is 15.1 Å². The number of hydrogen-bond acceptors (Lipinski definition) is 6. The van der Waals surface area contributed by atoms with Crippen molar-refractivity contribution in [2.75, 3.05) is 0 Å². The summed E-state index contributed by atoms with van der Waals surface area (Å²) in [5.41, 5.74) is 2.12. The van der Waals surface area contributed by atoms with Crippen LogP contribution in [0.2, 0.25) is 4.34 Å². The van der Waals surface area contributed by atoms with Gasteiger partial charge in [0.25, 0.3) is 0 Å². The van der Waals surface area contributed by atoms with Crippen LogP contribution in [0.3, 0.4) is 0 Å². The minimum absolute atomic E-state index is 0.0283. The predicted molar refractivity (Wildman–Crippen MR) is 125 cm³/mol. The molecule has 1 heterocycles. The summed E-state index contributed by atoms with van der Waals surface area (Å²) in [6.45, 7) is 0. The Morgan fingerprint density at radius 2 is 1.97 bits per heavy atom. The molecule has 5 nitrogen and oxygen atoms in total. The summed E-state index contributed by atoms with van der Waals surface area (Å²) in [6.07, 6.45) is 8.71. The SMILES string of the molecule is O=C1CCC(/C=C(/C(=O)Cc2ncc(Cl)s2)c2ccc(S(=O)(=O)C3CC3)c(C3CC3)c2)C1. The monoisotopic (exact) mass is 489 g/mol. The van der Waals surface area contributed by atoms with Crippen LogP contribution in [0.4, 0.5) is 0 Å². The molecule has 8 heteroatoms. The van der Waals surface area contributed by atoms with Crippen molar-refractivity contribution in [2.45, 2.75) is 67.4 Å². The number of aromatic nitrogens is 1. The number of hydrogen-bond donors (Lipinski definition) is 0. The molecule has 0 N–H and O–H groups in total. The fraction of sp³-hybridized carbons (Fsp3) is 0.458. The first-order valence-corrected chi connectivity index (χ1v) is 13.8. The second-order valence-corrected chi connectivity index (χ2v) is 13.0. The van der Waals surface area contributed by atoms with Gasteiger partial charge in [-0.1, -0.05) is 23.7 Å². The van der Waals surface area contributed by atoms with Crippen LogP contribution in [0.25, 0.3) is 5.57 Å². The van der Waals surface area contributed by atoms with Crippen molar-refractivity contribution in [2.24, 2.45) is 5.92 Å². The second kappa shape index (κ2) is 8.50. The molecular weight excluding hydrogens is 466 g/mol. The van der Waals surface area contributed by atoms with E-state index in [-0.39, 0.29) is 35.1 Å². The molecule has 0 saturated heterocycles. The Kier molecular flexibility index (Phi) is 5.84. The lowest BCUT2D eigenvalue weighted by Crippen LogP contribution is -2.12. The van der Waals surface area contributed by atoms with E-state index in [2.05, 4.69) is 4.98 Å². The van der Waals surface area contributed by atoms with Crippen molar-refractivity contribution in [3.8, 4) is 0 Å². The third-order valence-electron chi connectivity index (χ3n) is 6.43. The molecule has 168 valence electrons. The molecule has 3 fully saturated rings. The number of Topliss-reactive ketones (excluding diaryl/α,β-unsaturated/α-hetero) is 2. The molecule has 0 aliphatic heterocycles. The number of nitrogens with zero attached hydrogens (tertiary/aromatic N) is 1. The Balaban J connectivity index is 1.53. The van der Waals surface area contributed by atoms with E-state index in [1.807, 2.05) is 12.1 Å². The number of ketones is 2. The molecular formula is C24H24ClNO4S2. The van der Waals surface area contributed by atoms with E-state index < -0.39 is 9.84 Å². The quantitative estimate of drug-likeness (QED) is 0.477. The van der Waals surface area contributed by atoms with E-state index in [1.54, 1.807) is 12.1 Å². The summed E-state index contributed by atoms with van der Waals surface area (Å²) >= 11 is 7.26. The molecule has 32 heavy (non-hydrogen) atoms. The van der Waals surface area contributed by atoms with Crippen molar-refractivity contribution in [3.63, 3.8) is 0 Å². The number of rotatable bonds is 8. The maximum atomic E-state index is 13.3. The third-order valence-corrected chi connectivity index (χ3v) is 9.88. The van der Waals surface area contributed by atoms with E-state index >= 15 is 0 Å². The van der Waals surface area contributed by atoms with E-state index in [1.165, 1.54) is 17.5 Å². The molecule has 1 unspecified atom stereocenters. The average Bonchev–Trinajstić information content (AvgIpc) is 3.68. The molecule has 1 atom stereocenters. The van der Waals surface area contributed by atoms with Gasteiger partial charge in [-0.3, -0.25) is 9.59 Å². The summed E-state index contributed by atoms with van der Waals surface area (Å²) in [5, 5.41) is 0.380. The average molecular weight is 490 g/mol. The lowest BCUT2D eigenvalue weighted by molar-refractivity contribution is -0.117. The minimum atomic E-state index is -3.31. The lowest BCUT2D eigenvalue weighted by atomic mass is 9.92. The van der Waals surface area contributed by atoms with Crippen LogP contribution in [0.5, 0.6) is 0 Å². The van der Waals surface area contributed by atoms with Crippen molar-refractivity contribution in [3.05, 3.63) is 50.9 Å². The van der Waals surface area contributed by atoms with Gasteiger partial charge in [0.2, 0.25) is 0 Å². The van der Waals surface area contributed by atoms with Crippen LogP contribution in [0, 0.1) is 5.92 Å². The zero-order valence-electron chi connectivity index (χ0n) is 17.6. The maximum absolute atomic E-state index is 13.3. The van der Waals surface area contributed by atoms with Gasteiger partial charge in [-0.2, -0.15) is 0 Å². The number of halogens is 1. The molecule has 1 aromatic heterocycles. The van der Waals surface area contributed by atoms with Gasteiger partial charge in [0.05, 0.1) is 22.8 Å². The largest absolute Gasteiger partial charge is 0.300 e. The molecule has 3 aliphatic carbocycles. The Morgan fingerprint density at radius 3 is 2.56 bits per heavy atom. The molecule has 1 aromatic carbocycles. The van der Waals surface area contributed by atoms with E-state index in [9.17, 15) is 18.0 Å². The molecule has 0 spiro atoms. The second-order valence-electron chi connectivity index (χ2n) is 9.05. The zero-order chi connectivity index (χ0) is 22.5. The van der Waals surface area contributed by atoms with E-state index in [0.29, 0.717) is 32.7 Å². The van der Waals surface area contributed by atoms with Crippen LogP contribution in [0.1, 0.15) is 67.0 Å². The first-order chi connectivity index (χ1) is 15.3. The standard InChI is InChI=1S/C24H24ClNO4S2/c25-23-13-26-24(31-23)12-21(28)19(10-14-1-5-17(27)9-14)16-4-8-22(20(11-16)15-2-3-15)32(29,30)18-6-7-18/h4,8,10-11,13-15,18H,1-3,5-7,9,12H2/b19-10+. The highest BCUT2D eigenvalue weighted by molar-refractivity contribution is 7.92. The number of carbonyl (C=O) groups is 2. The van der Waals surface area contributed by atoms with Gasteiger partial charge in [-0.05, 0) is 67.2 Å². The van der Waals surface area contributed by atoms with Gasteiger partial charge in [0, 0.05) is 18.4 Å². The van der Waals surface area contributed by atoms with Gasteiger partial charge in [0.15, 0.2) is 15.6 Å². The number of sulfone groups is 1. The molecule has 0 bridgehead atoms. The first kappa shape index (κ1) is 22.0. The van der Waals surface area contributed by atoms with Crippen LogP contribution in [-0.2, 0) is 25.8 Å². The Morgan fingerprint density at radius 1 is 1.19 bits per heavy atom. The minimum Gasteiger partial charge on any atom is -0.300 e. The van der Waals surface area contributed by atoms with Gasteiger partial charge in [-0.25, -0.2) is 13.4 Å². The van der Waals surface area contributed by atoms with Crippen molar-refractivity contribution >= 4 is 49.9 Å². The number of carbonyl (C=O) groups excluding carboxylic acids is 2. The van der Waals surface area contributed by atoms with Gasteiger partial charge < -0.3 is 0 Å². The Hall–Kier alpha value is -1.83. The normalized spacial score (nSPS) is 21.8. The summed E-state index contributed by atoms with van der Waals surface area (Å²) in [4.78, 5) is 29.8. The molecule has 0 radical (unpaired) electrons. The van der Waals surface area contributed by atoms with Crippen molar-refractivity contribution < 1.29 is 18.0 Å². The Labute approximate surface area is 196 Å². The summed E-state index contributed by atoms with van der Waals surface area (Å²) in [7, 11) is -3.31. The zero-order valence-corrected chi connectivity index (χ0v) is 19.9. The van der Waals surface area contributed by atoms with E-state index in [0.717, 1.165) is 43.2 Å². The van der Waals surface area contributed by atoms with Crippen molar-refractivity contribution in [1.29, 1.82) is 0 Å². The topological polar surface area (TPSA) is 81.2 Å². The molecule has 3 saturated carbocycles. The fourth-order valence-corrected chi connectivity index (χ4v) is 7.30. The van der Waals surface area contributed by atoms with Gasteiger partial charge in [-0.15, -0.1) is 11.3 Å². The number of thiazole rings is 1. The van der Waals surface area contributed by atoms with Crippen LogP contribution in [-0.4, -0.2) is 30.2 Å². The van der Waals surface area contributed by atoms with Crippen LogP contribution in [0.15, 0.2) is 35.4 Å². The van der Waals surface area contributed by atoms with Crippen LogP contribution >= 0.6 is 22.9 Å². The summed E-state index contributed by atoms with van der Waals surface area (Å²) < 4.78 is 26.5. The Bertz CT molecular complexity index is 1220. The smallest absolute Gasteiger partial charge is 0.181 e. The summed E-state index contributed by atoms with van der Waals surface area (Å²) in [6, 6.07) is 5.36. The fourth-order valence-electron chi connectivity index (χ4n) is 4.42. The van der Waals surface area contributed by atoms with Crippen LogP contribution < -0.4 is 0 Å². The molecule has 2 aromatic rings. The van der Waals surface area contributed by atoms with Gasteiger partial charge >= 0.3 is 0 Å². The number of allylic oxidation sites excluding steroid dienone is 2. The predicted octanol–water partition coefficient (Wildman–Crippen LogP) is 5.17. The maximum Gasteiger partial charge on any atom is 0.181 e. The molecule has 0 amide bonds.